The normalized spacial score (nSPS) is 1.56. The molecule has 0 amide bonds. The molecule has 0 heterocycles. The second kappa shape index (κ2) is 332. The minimum absolute atomic E-state index is 0. The third-order valence-electron chi connectivity index (χ3n) is 0.306. The van der Waals surface area contributed by atoms with Gasteiger partial charge >= 0.3 is 106 Å². The summed E-state index contributed by atoms with van der Waals surface area (Å²) in [7, 11) is 0. The molecule has 0 saturated carbocycles. The first-order valence-electron chi connectivity index (χ1n) is 2.30. The van der Waals surface area contributed by atoms with E-state index in [0.29, 0.717) is 25.0 Å². The quantitative estimate of drug-likeness (QED) is 0.329. The van der Waals surface area contributed by atoms with Gasteiger partial charge in [-0.3, -0.25) is 0 Å². The fraction of sp³-hybridized carbons (Fsp3) is 0.800. The van der Waals surface area contributed by atoms with Gasteiger partial charge in [0.15, 0.2) is 0 Å². The molecular weight excluding hydrogens is 7800 g/mol. The molecule has 0 unspecified atom stereocenters. The summed E-state index contributed by atoms with van der Waals surface area (Å²) in [5, 5.41) is 0. The van der Waals surface area contributed by atoms with Crippen molar-refractivity contribution in [2.24, 2.45) is 5.41 Å². The predicted molar refractivity (Wildman–Crippen MR) is 27.8 cm³/mol. The molecule has 0 aliphatic carbocycles. The van der Waals surface area contributed by atoms with Gasteiger partial charge in [-0.25, -0.2) is 0 Å². The van der Waals surface area contributed by atoms with E-state index in [1.807, 2.05) is 0 Å². The molecule has 0 radical (unpaired) electrons. The third kappa shape index (κ3) is 405. The van der Waals surface area contributed by atoms with Crippen molar-refractivity contribution >= 4 is 4.40 Å². The Morgan fingerprint density at radius 1 is 0.250 bits per heavy atom. The van der Waals surface area contributed by atoms with E-state index in [2.05, 4.69) is 25.2 Å². The SMILES string of the molecule is CC(C)(C)[C-]=[W].[N-]=[W].[W].[W].[W].[W].[W].[W].[W].[W].[W].[W].[W].[W].[W].[W].[W].[W].[W].[W].[W].[W].[W].[W].[W].[W].[W].[W].[W].[W].[W].[W].[W].[W].[W].[W].[W].[W].[W].[W].[W]=[W]. The topological polar surface area (TPSA) is 22.3 Å². The maximum atomic E-state index is 7.08. The van der Waals surface area contributed by atoms with Crippen molar-refractivity contribution in [3.8, 4) is 0 Å². The van der Waals surface area contributed by atoms with Crippen molar-refractivity contribution in [3.05, 3.63) is 3.91 Å². The molecule has 0 rings (SSSR count). The molecule has 0 bridgehead atoms. The minimum atomic E-state index is 0. The van der Waals surface area contributed by atoms with Gasteiger partial charge in [-0.2, -0.15) is 0 Å². The van der Waals surface area contributed by atoms with E-state index in [9.17, 15) is 0 Å². The van der Waals surface area contributed by atoms with Crippen LogP contribution in [0.2, 0.25) is 0 Å². The van der Waals surface area contributed by atoms with Crippen LogP contribution in [-0.4, -0.2) is 4.40 Å². The summed E-state index contributed by atoms with van der Waals surface area (Å²) < 4.78 is 10.3. The van der Waals surface area contributed by atoms with E-state index in [4.69, 9.17) is 3.91 Å². The van der Waals surface area contributed by atoms with Crippen LogP contribution in [0, 0.1) is 5.41 Å². The van der Waals surface area contributed by atoms with Crippen LogP contribution < -0.4 is 0 Å². The Morgan fingerprint density at radius 2 is 0.271 bits per heavy atom. The summed E-state index contributed by atoms with van der Waals surface area (Å²) in [4.78, 5) is 0. The molecule has 48 heavy (non-hydrogen) atoms. The molecule has 0 aromatic heterocycles. The molecule has 0 aromatic rings. The van der Waals surface area contributed by atoms with Gasteiger partial charge in [-0.05, 0) is 0 Å². The number of rotatable bonds is 0. The van der Waals surface area contributed by atoms with E-state index < -0.39 is 0 Å². The third-order valence-corrected chi connectivity index (χ3v) is 2.51. The first-order valence-corrected chi connectivity index (χ1v) is 16.1. The van der Waals surface area contributed by atoms with Crippen LogP contribution >= 0.6 is 0 Å². The Hall–Kier alpha value is 28.6. The first kappa shape index (κ1) is 346. The predicted octanol–water partition coefficient (Wildman–Crippen LogP) is 1.44. The van der Waals surface area contributed by atoms with Crippen molar-refractivity contribution in [1.29, 1.82) is 0 Å². The van der Waals surface area contributed by atoms with E-state index >= 15 is 0 Å². The van der Waals surface area contributed by atoms with Crippen molar-refractivity contribution in [3.63, 3.8) is 0 Å². The zero-order valence-electron chi connectivity index (χ0n) is 21.6. The molecule has 288 valence electrons. The van der Waals surface area contributed by atoms with Crippen molar-refractivity contribution < 1.29 is 872 Å². The van der Waals surface area contributed by atoms with Gasteiger partial charge in [0.05, 0.1) is 0 Å². The van der Waals surface area contributed by atoms with Crippen LogP contribution in [0.15, 0.2) is 0 Å². The Labute approximate surface area is 879 Å². The number of nitrogens with zero attached hydrogens (tertiary/aromatic N) is 1. The first-order chi connectivity index (χ1) is 4.56. The molecule has 0 saturated heterocycles. The van der Waals surface area contributed by atoms with E-state index in [0.717, 1.165) is 0 Å². The second-order valence-corrected chi connectivity index (χ2v) is 3.09. The van der Waals surface area contributed by atoms with Crippen molar-refractivity contribution in [1.82, 2.24) is 0 Å². The fourth-order valence-corrected chi connectivity index (χ4v) is 0. The second-order valence-electron chi connectivity index (χ2n) is 2.35. The van der Waals surface area contributed by atoms with Crippen LogP contribution in [-0.2, 0) is 872 Å². The summed E-state index contributed by atoms with van der Waals surface area (Å²) >= 11 is 5.36. The van der Waals surface area contributed by atoms with Gasteiger partial charge in [0.2, 0.25) is 0 Å². The molecule has 0 spiro atoms. The molecule has 0 aliphatic heterocycles. The zero-order chi connectivity index (χ0) is 9.21. The van der Waals surface area contributed by atoms with Crippen LogP contribution in [0.5, 0.6) is 0 Å². The molecule has 0 aliphatic rings. The van der Waals surface area contributed by atoms with E-state index in [-0.39, 0.29) is 800 Å². The number of hydrogen-bond donors (Lipinski definition) is 0. The average Bonchev–Trinajstić information content (AvgIpc) is 1.95. The molecular formula is C5H9NW42-2. The van der Waals surface area contributed by atoms with Crippen molar-refractivity contribution in [2.45, 2.75) is 20.8 Å². The summed E-state index contributed by atoms with van der Waals surface area (Å²) in [6, 6.07) is 0. The molecule has 0 aromatic carbocycles. The monoisotopic (exact) mass is 7810 g/mol. The van der Waals surface area contributed by atoms with Crippen molar-refractivity contribution in [2.75, 3.05) is 0 Å². The Kier molecular flexibility index (Phi) is 2390. The van der Waals surface area contributed by atoms with Crippen LogP contribution in [0.3, 0.4) is 0 Å². The Bertz CT molecular complexity index is 92.6. The molecule has 1 nitrogen and oxygen atoms in total. The summed E-state index contributed by atoms with van der Waals surface area (Å²) in [5.41, 5.74) is 0.329. The van der Waals surface area contributed by atoms with Crippen LogP contribution in [0.25, 0.3) is 3.91 Å². The summed E-state index contributed by atoms with van der Waals surface area (Å²) in [6.07, 6.45) is 0. The molecule has 0 fully saturated rings. The zero-order valence-corrected chi connectivity index (χ0v) is 145. The van der Waals surface area contributed by atoms with Crippen LogP contribution in [0.4, 0.5) is 0 Å². The van der Waals surface area contributed by atoms with Gasteiger partial charge in [-0.15, -0.1) is 0 Å². The standard InChI is InChI=1S/C5H9.N.42W/c1-5(2,3)4;;;;;;;;;;;;;;;;;;;;;;;;;;;;;;;;;;;;;;;;;;;/h1-3H3;;;;;;;;;;;;;;;;;;;;;;;;;;;;;;;;;;;;;;;;;;;/q2*-1;;;;;;;;;;;;;;;;;;;;;;;;;;;;;;;;;;;;;;;;;;. The summed E-state index contributed by atoms with van der Waals surface area (Å²) in [6.45, 7) is 6.46. The van der Waals surface area contributed by atoms with E-state index in [1.165, 1.54) is 19.4 Å². The molecule has 43 heteroatoms. The Balaban J connectivity index is -0.000000000292. The molecule has 0 N–H and O–H groups in total. The Morgan fingerprint density at radius 3 is 0.271 bits per heavy atom. The maximum absolute atomic E-state index is 7.08. The van der Waals surface area contributed by atoms with Gasteiger partial charge in [-0.1, -0.05) is 0 Å². The fourth-order valence-electron chi connectivity index (χ4n) is 0. The van der Waals surface area contributed by atoms with Gasteiger partial charge < -0.3 is 0 Å². The van der Waals surface area contributed by atoms with Gasteiger partial charge in [0, 0.05) is 800 Å². The van der Waals surface area contributed by atoms with Gasteiger partial charge in [0.1, 0.15) is 0 Å². The summed E-state index contributed by atoms with van der Waals surface area (Å²) in [5.74, 6) is 0. The average molecular weight is 7800 g/mol. The number of hydrogen-bond acceptors (Lipinski definition) is 0. The van der Waals surface area contributed by atoms with E-state index in [1.54, 1.807) is 32.4 Å². The van der Waals surface area contributed by atoms with Gasteiger partial charge in [0.25, 0.3) is 0 Å². The van der Waals surface area contributed by atoms with Crippen LogP contribution in [0.1, 0.15) is 20.8 Å². The molecule has 0 atom stereocenters.